The highest BCUT2D eigenvalue weighted by Gasteiger charge is 2.45. The van der Waals surface area contributed by atoms with Crippen LogP contribution in [0.25, 0.3) is 0 Å². The molecule has 35 heavy (non-hydrogen) atoms. The van der Waals surface area contributed by atoms with E-state index in [-0.39, 0.29) is 33.6 Å². The highest BCUT2D eigenvalue weighted by molar-refractivity contribution is 6.42. The average Bonchev–Trinajstić information content (AvgIpc) is 2.80. The number of halogens is 2. The van der Waals surface area contributed by atoms with Crippen molar-refractivity contribution in [3.05, 3.63) is 73.0 Å². The molecule has 0 amide bonds. The molecule has 2 heterocycles. The van der Waals surface area contributed by atoms with Crippen LogP contribution in [0.5, 0.6) is 0 Å². The van der Waals surface area contributed by atoms with Crippen molar-refractivity contribution in [3.8, 4) is 0 Å². The molecule has 1 N–H and O–H groups in total. The van der Waals surface area contributed by atoms with Crippen molar-refractivity contribution in [2.24, 2.45) is 10.9 Å². The molecule has 11 heteroatoms. The molecular weight excluding hydrogens is 497 g/mol. The maximum absolute atomic E-state index is 13.4. The van der Waals surface area contributed by atoms with Gasteiger partial charge >= 0.3 is 11.9 Å². The fraction of sp³-hybridized carbons (Fsp3) is 0.375. The van der Waals surface area contributed by atoms with Crippen LogP contribution >= 0.6 is 23.2 Å². The van der Waals surface area contributed by atoms with Crippen molar-refractivity contribution < 1.29 is 23.8 Å². The number of methoxy groups -OCH3 is 2. The molecule has 9 nitrogen and oxygen atoms in total. The van der Waals surface area contributed by atoms with Crippen LogP contribution in [0.1, 0.15) is 43.0 Å². The third-order valence-electron chi connectivity index (χ3n) is 5.57. The molecule has 186 valence electrons. The van der Waals surface area contributed by atoms with E-state index in [2.05, 4.69) is 15.0 Å². The number of esters is 2. The summed E-state index contributed by atoms with van der Waals surface area (Å²) in [6.45, 7) is 4.98. The molecule has 0 bridgehead atoms. The van der Waals surface area contributed by atoms with E-state index in [1.165, 1.54) is 20.3 Å². The van der Waals surface area contributed by atoms with Crippen LogP contribution in [0.3, 0.4) is 0 Å². The number of hydrogen-bond donors (Lipinski definition) is 1. The molecule has 1 aliphatic heterocycles. The van der Waals surface area contributed by atoms with Crippen LogP contribution in [0, 0.1) is 12.8 Å². The minimum absolute atomic E-state index is 0.0311. The van der Waals surface area contributed by atoms with Crippen LogP contribution in [-0.4, -0.2) is 48.4 Å². The number of benzene rings is 1. The Morgan fingerprint density at radius 2 is 1.91 bits per heavy atom. The third-order valence-corrected chi connectivity index (χ3v) is 6.40. The van der Waals surface area contributed by atoms with Crippen LogP contribution in [0.2, 0.25) is 10.0 Å². The second-order valence-electron chi connectivity index (χ2n) is 7.77. The van der Waals surface area contributed by atoms with E-state index < -0.39 is 35.4 Å². The van der Waals surface area contributed by atoms with E-state index in [0.717, 1.165) is 0 Å². The zero-order valence-electron chi connectivity index (χ0n) is 19.8. The largest absolute Gasteiger partial charge is 0.468 e. The molecule has 0 radical (unpaired) electrons. The minimum atomic E-state index is -1.02. The second-order valence-corrected chi connectivity index (χ2v) is 8.55. The lowest BCUT2D eigenvalue weighted by Crippen LogP contribution is -2.37. The van der Waals surface area contributed by atoms with E-state index in [0.29, 0.717) is 17.1 Å². The predicted octanol–water partition coefficient (Wildman–Crippen LogP) is 3.94. The molecule has 1 aromatic heterocycles. The fourth-order valence-electron chi connectivity index (χ4n) is 4.17. The summed E-state index contributed by atoms with van der Waals surface area (Å²) < 4.78 is 16.1. The van der Waals surface area contributed by atoms with Gasteiger partial charge in [-0.1, -0.05) is 35.3 Å². The Labute approximate surface area is 212 Å². The Kier molecular flexibility index (Phi) is 8.47. The van der Waals surface area contributed by atoms with Crippen molar-refractivity contribution >= 4 is 40.9 Å². The molecule has 1 aromatic carbocycles. The van der Waals surface area contributed by atoms with Gasteiger partial charge in [-0.25, -0.2) is 9.78 Å². The Morgan fingerprint density at radius 1 is 1.20 bits per heavy atom. The van der Waals surface area contributed by atoms with Crippen molar-refractivity contribution in [3.63, 3.8) is 0 Å². The Balaban J connectivity index is 2.40. The number of carbonyl (C=O) groups is 2. The lowest BCUT2D eigenvalue weighted by Gasteiger charge is -2.34. The summed E-state index contributed by atoms with van der Waals surface area (Å²) in [4.78, 5) is 50.1. The molecule has 0 saturated heterocycles. The van der Waals surface area contributed by atoms with Gasteiger partial charge in [0.25, 0.3) is 5.56 Å². The van der Waals surface area contributed by atoms with Gasteiger partial charge in [-0.2, -0.15) is 0 Å². The summed E-state index contributed by atoms with van der Waals surface area (Å²) in [5.41, 5.74) is 0.769. The average molecular weight is 522 g/mol. The quantitative estimate of drug-likeness (QED) is 0.547. The number of aromatic nitrogens is 2. The van der Waals surface area contributed by atoms with Gasteiger partial charge in [-0.05, 0) is 32.4 Å². The number of aromatic amines is 1. The number of rotatable bonds is 7. The highest BCUT2D eigenvalue weighted by atomic mass is 35.5. The topological polar surface area (TPSA) is 120 Å². The van der Waals surface area contributed by atoms with Gasteiger partial charge in [0.2, 0.25) is 0 Å². The smallest absolute Gasteiger partial charge is 0.336 e. The van der Waals surface area contributed by atoms with Crippen LogP contribution < -0.4 is 5.56 Å². The number of hydrogen-bond acceptors (Lipinski definition) is 8. The van der Waals surface area contributed by atoms with Crippen molar-refractivity contribution in [1.29, 1.82) is 0 Å². The Morgan fingerprint density at radius 3 is 2.51 bits per heavy atom. The van der Waals surface area contributed by atoms with E-state index in [1.807, 2.05) is 0 Å². The predicted molar refractivity (Wildman–Crippen MR) is 131 cm³/mol. The van der Waals surface area contributed by atoms with Gasteiger partial charge in [0, 0.05) is 24.8 Å². The zero-order chi connectivity index (χ0) is 25.9. The lowest BCUT2D eigenvalue weighted by atomic mass is 9.74. The molecule has 3 rings (SSSR count). The molecule has 0 saturated carbocycles. The molecular formula is C24H25Cl2N3O6. The first-order chi connectivity index (χ1) is 16.6. The first kappa shape index (κ1) is 26.6. The van der Waals surface area contributed by atoms with Crippen LogP contribution in [0.4, 0.5) is 0 Å². The highest BCUT2D eigenvalue weighted by Crippen LogP contribution is 2.46. The van der Waals surface area contributed by atoms with Crippen molar-refractivity contribution in [1.82, 2.24) is 9.97 Å². The number of aryl methyl sites for hydroxylation is 1. The van der Waals surface area contributed by atoms with Gasteiger partial charge in [-0.15, -0.1) is 0 Å². The summed E-state index contributed by atoms with van der Waals surface area (Å²) in [6, 6.07) is 6.19. The van der Waals surface area contributed by atoms with E-state index in [4.69, 9.17) is 37.4 Å². The maximum Gasteiger partial charge on any atom is 0.336 e. The Hall–Kier alpha value is -3.01. The zero-order valence-corrected chi connectivity index (χ0v) is 21.4. The number of ether oxygens (including phenoxy) is 3. The molecule has 0 spiro atoms. The molecule has 0 aliphatic carbocycles. The molecule has 0 fully saturated rings. The summed E-state index contributed by atoms with van der Waals surface area (Å²) in [6.07, 6.45) is -1.02. The van der Waals surface area contributed by atoms with E-state index >= 15 is 0 Å². The third kappa shape index (κ3) is 5.32. The van der Waals surface area contributed by atoms with E-state index in [9.17, 15) is 14.4 Å². The molecule has 1 aliphatic rings. The summed E-state index contributed by atoms with van der Waals surface area (Å²) >= 11 is 12.9. The molecule has 3 atom stereocenters. The molecule has 3 unspecified atom stereocenters. The van der Waals surface area contributed by atoms with Crippen molar-refractivity contribution in [2.75, 3.05) is 20.8 Å². The first-order valence-electron chi connectivity index (χ1n) is 10.7. The normalized spacial score (nSPS) is 18.7. The van der Waals surface area contributed by atoms with Gasteiger partial charge < -0.3 is 19.2 Å². The summed E-state index contributed by atoms with van der Waals surface area (Å²) in [5, 5.41) is 0.413. The Bertz CT molecular complexity index is 1270. The maximum atomic E-state index is 13.4. The first-order valence-corrected chi connectivity index (χ1v) is 11.5. The monoisotopic (exact) mass is 521 g/mol. The lowest BCUT2D eigenvalue weighted by molar-refractivity contribution is -0.144. The number of nitrogens with one attached hydrogen (secondary N) is 1. The minimum Gasteiger partial charge on any atom is -0.468 e. The van der Waals surface area contributed by atoms with Crippen LogP contribution in [-0.2, 0) is 23.8 Å². The number of aliphatic imine (C=N–C) groups is 1. The van der Waals surface area contributed by atoms with Gasteiger partial charge in [0.15, 0.2) is 0 Å². The summed E-state index contributed by atoms with van der Waals surface area (Å²) in [5.74, 6) is -2.94. The standard InChI is InChI=1S/C24H25Cl2N3O6/c1-6-35-24(32)19-18(13-8-7-9-14(25)20(13)26)17(23(31)34-5)11(2)27-21(19)22(33-4)15-10-16(30)29-12(3)28-15/h7-10,17-18,22H,6H2,1-5H3,(H,28,29,30). The van der Waals surface area contributed by atoms with E-state index in [1.54, 1.807) is 39.0 Å². The SMILES string of the molecule is CCOC(=O)C1=C(C(OC)c2cc(=O)[nH]c(C)n2)N=C(C)C(C(=O)OC)C1c1cccc(Cl)c1Cl. The van der Waals surface area contributed by atoms with Gasteiger partial charge in [0.1, 0.15) is 17.8 Å². The number of carbonyl (C=O) groups excluding carboxylic acids is 2. The summed E-state index contributed by atoms with van der Waals surface area (Å²) in [7, 11) is 2.65. The fourth-order valence-corrected chi connectivity index (χ4v) is 4.59. The second kappa shape index (κ2) is 11.2. The molecule has 2 aromatic rings. The number of nitrogens with zero attached hydrogens (tertiary/aromatic N) is 2. The van der Waals surface area contributed by atoms with Crippen LogP contribution in [0.15, 0.2) is 45.3 Å². The van der Waals surface area contributed by atoms with Gasteiger partial charge in [0.05, 0.1) is 40.7 Å². The van der Waals surface area contributed by atoms with Crippen molar-refractivity contribution in [2.45, 2.75) is 32.8 Å². The number of H-pyrrole nitrogens is 1. The van der Waals surface area contributed by atoms with Gasteiger partial charge in [-0.3, -0.25) is 14.6 Å².